The summed E-state index contributed by atoms with van der Waals surface area (Å²) in [6, 6.07) is 1.40. The summed E-state index contributed by atoms with van der Waals surface area (Å²) in [7, 11) is -3.40. The molecular weight excluding hydrogens is 631 g/mol. The molecule has 5 fully saturated rings. The van der Waals surface area contributed by atoms with Crippen LogP contribution in [0.4, 0.5) is 10.1 Å². The van der Waals surface area contributed by atoms with Gasteiger partial charge in [0, 0.05) is 57.6 Å². The fourth-order valence-electron chi connectivity index (χ4n) is 8.49. The molecule has 1 atom stereocenters. The van der Waals surface area contributed by atoms with Crippen molar-refractivity contribution >= 4 is 45.2 Å². The van der Waals surface area contributed by atoms with Crippen molar-refractivity contribution in [3.05, 3.63) is 29.1 Å². The summed E-state index contributed by atoms with van der Waals surface area (Å²) in [6.45, 7) is 2.86. The molecule has 47 heavy (non-hydrogen) atoms. The molecular formula is C32H41FN6O7S. The first-order valence-electron chi connectivity index (χ1n) is 16.7. The Bertz CT molecular complexity index is 1620. The molecule has 6 aliphatic rings. The van der Waals surface area contributed by atoms with Crippen LogP contribution in [-0.2, 0) is 24.4 Å². The van der Waals surface area contributed by atoms with Crippen LogP contribution in [0.5, 0.6) is 0 Å². The van der Waals surface area contributed by atoms with Gasteiger partial charge in [-0.05, 0) is 75.3 Å². The van der Waals surface area contributed by atoms with Gasteiger partial charge >= 0.3 is 0 Å². The van der Waals surface area contributed by atoms with Crippen LogP contribution in [0.2, 0.25) is 0 Å². The van der Waals surface area contributed by atoms with Gasteiger partial charge in [-0.15, -0.1) is 0 Å². The van der Waals surface area contributed by atoms with Gasteiger partial charge in [0.1, 0.15) is 11.9 Å². The zero-order valence-corrected chi connectivity index (χ0v) is 27.1. The molecule has 0 radical (unpaired) electrons. The van der Waals surface area contributed by atoms with Gasteiger partial charge in [0.05, 0.1) is 22.1 Å². The largest absolute Gasteiger partial charge is 0.369 e. The number of amides is 5. The number of hydrogen-bond donors (Lipinski definition) is 2. The van der Waals surface area contributed by atoms with Crippen LogP contribution in [0, 0.1) is 17.2 Å². The highest BCUT2D eigenvalue weighted by Crippen LogP contribution is 2.53. The Morgan fingerprint density at radius 3 is 2.11 bits per heavy atom. The second kappa shape index (κ2) is 11.9. The van der Waals surface area contributed by atoms with Crippen LogP contribution >= 0.6 is 0 Å². The smallest absolute Gasteiger partial charge is 0.262 e. The van der Waals surface area contributed by atoms with E-state index in [0.717, 1.165) is 36.6 Å². The van der Waals surface area contributed by atoms with Crippen LogP contribution in [0.1, 0.15) is 84.9 Å². The van der Waals surface area contributed by atoms with E-state index in [-0.39, 0.29) is 52.9 Å². The molecule has 1 spiro atoms. The summed E-state index contributed by atoms with van der Waals surface area (Å²) < 4.78 is 43.3. The molecule has 5 heterocycles. The number of rotatable bonds is 5. The Morgan fingerprint density at radius 2 is 1.49 bits per heavy atom. The number of fused-ring (bicyclic) bond motifs is 1. The van der Waals surface area contributed by atoms with E-state index >= 15 is 4.39 Å². The summed E-state index contributed by atoms with van der Waals surface area (Å²) in [4.78, 5) is 68.1. The first-order chi connectivity index (χ1) is 22.4. The van der Waals surface area contributed by atoms with Crippen molar-refractivity contribution in [2.75, 3.05) is 44.2 Å². The number of halogens is 1. The summed E-state index contributed by atoms with van der Waals surface area (Å²) in [5.74, 6) is -3.23. The number of nitrogens with two attached hydrogens (primary N) is 1. The second-order valence-electron chi connectivity index (χ2n) is 14.2. The van der Waals surface area contributed by atoms with Crippen LogP contribution in [0.15, 0.2) is 12.1 Å². The highest BCUT2D eigenvalue weighted by molar-refractivity contribution is 7.89. The molecule has 7 rings (SSSR count). The Kier molecular flexibility index (Phi) is 8.15. The number of nitrogens with one attached hydrogen (secondary N) is 1. The number of carbonyl (C=O) groups excluding carboxylic acids is 5. The monoisotopic (exact) mass is 672 g/mol. The zero-order chi connectivity index (χ0) is 33.2. The number of hydrogen-bond acceptors (Lipinski definition) is 9. The molecule has 5 aliphatic heterocycles. The Labute approximate surface area is 273 Å². The number of nitrogens with zero attached hydrogens (tertiary/aromatic N) is 4. The molecule has 1 aliphatic carbocycles. The SMILES string of the molecule is NC1CCN(S(=O)(=O)C2CCN(C(=O)C3CC4(CCN(c5cc6c(cc5F)C(=O)N(C5CCC(=O)NC5=O)C6=O)CC4)C3)CC2)CC1. The van der Waals surface area contributed by atoms with Gasteiger partial charge in [-0.3, -0.25) is 34.2 Å². The van der Waals surface area contributed by atoms with Crippen molar-refractivity contribution in [3.63, 3.8) is 0 Å². The summed E-state index contributed by atoms with van der Waals surface area (Å²) in [6.07, 6.45) is 5.24. The predicted octanol–water partition coefficient (Wildman–Crippen LogP) is 0.967. The lowest BCUT2D eigenvalue weighted by Gasteiger charge is -2.53. The molecule has 13 nitrogen and oxygen atoms in total. The number of imide groups is 2. The van der Waals surface area contributed by atoms with E-state index in [9.17, 15) is 32.4 Å². The van der Waals surface area contributed by atoms with E-state index in [1.54, 1.807) is 4.31 Å². The summed E-state index contributed by atoms with van der Waals surface area (Å²) >= 11 is 0. The predicted molar refractivity (Wildman–Crippen MR) is 167 cm³/mol. The maximum atomic E-state index is 15.4. The van der Waals surface area contributed by atoms with Crippen LogP contribution < -0.4 is 16.0 Å². The molecule has 0 bridgehead atoms. The van der Waals surface area contributed by atoms with Crippen molar-refractivity contribution < 1.29 is 36.8 Å². The molecule has 0 aromatic heterocycles. The molecule has 5 amide bonds. The van der Waals surface area contributed by atoms with Gasteiger partial charge in [-0.25, -0.2) is 17.1 Å². The van der Waals surface area contributed by atoms with Crippen molar-refractivity contribution in [2.24, 2.45) is 17.1 Å². The Balaban J connectivity index is 0.923. The van der Waals surface area contributed by atoms with Crippen molar-refractivity contribution in [1.82, 2.24) is 19.4 Å². The minimum absolute atomic E-state index is 0.00332. The van der Waals surface area contributed by atoms with E-state index < -0.39 is 50.8 Å². The molecule has 15 heteroatoms. The topological polar surface area (TPSA) is 170 Å². The van der Waals surface area contributed by atoms with Gasteiger partial charge in [0.2, 0.25) is 27.7 Å². The van der Waals surface area contributed by atoms with E-state index in [1.165, 1.54) is 6.07 Å². The normalized spacial score (nSPS) is 26.5. The van der Waals surface area contributed by atoms with E-state index in [2.05, 4.69) is 5.32 Å². The molecule has 4 saturated heterocycles. The number of sulfonamides is 1. The van der Waals surface area contributed by atoms with Crippen molar-refractivity contribution in [1.29, 1.82) is 0 Å². The van der Waals surface area contributed by atoms with Crippen molar-refractivity contribution in [2.45, 2.75) is 81.5 Å². The summed E-state index contributed by atoms with van der Waals surface area (Å²) in [5.41, 5.74) is 6.10. The third-order valence-corrected chi connectivity index (χ3v) is 13.8. The van der Waals surface area contributed by atoms with Gasteiger partial charge in [-0.1, -0.05) is 0 Å². The average molecular weight is 673 g/mol. The average Bonchev–Trinajstić information content (AvgIpc) is 3.27. The van der Waals surface area contributed by atoms with Crippen LogP contribution in [0.25, 0.3) is 0 Å². The maximum absolute atomic E-state index is 15.4. The number of anilines is 1. The molecule has 1 aromatic carbocycles. The van der Waals surface area contributed by atoms with E-state index in [4.69, 9.17) is 5.73 Å². The van der Waals surface area contributed by atoms with E-state index in [1.807, 2.05) is 9.80 Å². The maximum Gasteiger partial charge on any atom is 0.262 e. The fraction of sp³-hybridized carbons (Fsp3) is 0.656. The van der Waals surface area contributed by atoms with Crippen LogP contribution in [0.3, 0.4) is 0 Å². The van der Waals surface area contributed by atoms with Gasteiger partial charge in [-0.2, -0.15) is 0 Å². The quantitative estimate of drug-likeness (QED) is 0.433. The highest BCUT2D eigenvalue weighted by Gasteiger charge is 2.51. The van der Waals surface area contributed by atoms with Gasteiger partial charge in [0.15, 0.2) is 0 Å². The first-order valence-corrected chi connectivity index (χ1v) is 18.2. The molecule has 1 saturated carbocycles. The Morgan fingerprint density at radius 1 is 0.872 bits per heavy atom. The highest BCUT2D eigenvalue weighted by atomic mass is 32.2. The summed E-state index contributed by atoms with van der Waals surface area (Å²) in [5, 5.41) is 1.69. The third-order valence-electron chi connectivity index (χ3n) is 11.4. The number of likely N-dealkylation sites (tertiary alicyclic amines) is 1. The molecule has 3 N–H and O–H groups in total. The standard InChI is InChI=1S/C32H41FN6O7S/c33-24-15-22-23(31(44)39(30(22)43)25-1-2-27(40)35-28(25)41)16-26(24)36-13-7-32(8-14-36)17-19(18-32)29(42)37-9-5-21(6-10-37)47(45,46)38-11-3-20(34)4-12-38/h15-16,19-21,25H,1-14,17-18,34H2,(H,35,40,41). The van der Waals surface area contributed by atoms with Gasteiger partial charge in [0.25, 0.3) is 11.8 Å². The number of carbonyl (C=O) groups is 5. The second-order valence-corrected chi connectivity index (χ2v) is 16.4. The minimum Gasteiger partial charge on any atom is -0.369 e. The minimum atomic E-state index is -3.40. The molecule has 254 valence electrons. The van der Waals surface area contributed by atoms with Gasteiger partial charge < -0.3 is 15.5 Å². The fourth-order valence-corrected chi connectivity index (χ4v) is 10.4. The first kappa shape index (κ1) is 32.1. The number of benzene rings is 1. The lowest BCUT2D eigenvalue weighted by Crippen LogP contribution is -2.54. The number of piperidine rings is 4. The van der Waals surface area contributed by atoms with Crippen molar-refractivity contribution in [3.8, 4) is 0 Å². The molecule has 1 unspecified atom stereocenters. The zero-order valence-electron chi connectivity index (χ0n) is 26.3. The van der Waals surface area contributed by atoms with Crippen LogP contribution in [-0.4, -0.2) is 109 Å². The lowest BCUT2D eigenvalue weighted by atomic mass is 9.57. The lowest BCUT2D eigenvalue weighted by molar-refractivity contribution is -0.145. The molecule has 1 aromatic rings. The third kappa shape index (κ3) is 5.63. The Hall–Kier alpha value is -3.43. The van der Waals surface area contributed by atoms with E-state index in [0.29, 0.717) is 65.0 Å².